The summed E-state index contributed by atoms with van der Waals surface area (Å²) in [7, 11) is 1.59. The minimum absolute atomic E-state index is 0.0753. The first-order valence-corrected chi connectivity index (χ1v) is 9.10. The molecule has 0 bridgehead atoms. The fourth-order valence-corrected chi connectivity index (χ4v) is 2.97. The number of hydrogen-bond acceptors (Lipinski definition) is 7. The molecule has 2 aliphatic rings. The van der Waals surface area contributed by atoms with Crippen LogP contribution in [0, 0.1) is 0 Å². The molecule has 0 saturated carbocycles. The smallest absolute Gasteiger partial charge is 0.252 e. The van der Waals surface area contributed by atoms with Crippen molar-refractivity contribution in [2.75, 3.05) is 31.0 Å². The van der Waals surface area contributed by atoms with Gasteiger partial charge >= 0.3 is 0 Å². The first-order chi connectivity index (χ1) is 14.1. The van der Waals surface area contributed by atoms with Crippen LogP contribution in [0.2, 0.25) is 0 Å². The molecule has 4 rings (SSSR count). The maximum atomic E-state index is 12.4. The molecule has 0 spiro atoms. The number of carbonyl (C=O) groups is 2. The van der Waals surface area contributed by atoms with Crippen molar-refractivity contribution in [2.45, 2.75) is 12.5 Å². The van der Waals surface area contributed by atoms with Crippen LogP contribution in [0.4, 0.5) is 11.4 Å². The van der Waals surface area contributed by atoms with E-state index in [0.717, 1.165) is 11.4 Å². The Bertz CT molecular complexity index is 958. The summed E-state index contributed by atoms with van der Waals surface area (Å²) in [5, 5.41) is 8.41. The second-order valence-corrected chi connectivity index (χ2v) is 6.45. The van der Waals surface area contributed by atoms with Crippen molar-refractivity contribution < 1.29 is 23.8 Å². The largest absolute Gasteiger partial charge is 0.497 e. The molecule has 2 aromatic carbocycles. The highest BCUT2D eigenvalue weighted by molar-refractivity contribution is 6.11. The lowest BCUT2D eigenvalue weighted by Gasteiger charge is -2.19. The molecule has 3 N–H and O–H groups in total. The van der Waals surface area contributed by atoms with Gasteiger partial charge in [-0.1, -0.05) is 0 Å². The van der Waals surface area contributed by atoms with Crippen LogP contribution in [-0.2, 0) is 9.59 Å². The molecule has 0 aliphatic carbocycles. The highest BCUT2D eigenvalue weighted by Crippen LogP contribution is 2.32. The summed E-state index contributed by atoms with van der Waals surface area (Å²) in [5.41, 5.74) is 1.31. The minimum Gasteiger partial charge on any atom is -0.497 e. The normalized spacial score (nSPS) is 17.2. The second kappa shape index (κ2) is 8.09. The number of fused-ring (bicyclic) bond motifs is 1. The molecule has 1 atom stereocenters. The summed E-state index contributed by atoms with van der Waals surface area (Å²) in [6.45, 7) is 0.964. The van der Waals surface area contributed by atoms with Crippen molar-refractivity contribution in [3.63, 3.8) is 0 Å². The van der Waals surface area contributed by atoms with Crippen LogP contribution < -0.4 is 30.2 Å². The van der Waals surface area contributed by atoms with E-state index >= 15 is 0 Å². The number of nitrogens with zero attached hydrogens (tertiary/aromatic N) is 1. The molecule has 0 aromatic heterocycles. The van der Waals surface area contributed by atoms with Gasteiger partial charge in [0.05, 0.1) is 13.5 Å². The third-order valence-electron chi connectivity index (χ3n) is 4.39. The van der Waals surface area contributed by atoms with Crippen LogP contribution in [0.1, 0.15) is 6.42 Å². The fourth-order valence-electron chi connectivity index (χ4n) is 2.97. The van der Waals surface area contributed by atoms with E-state index < -0.39 is 6.04 Å². The average molecular weight is 396 g/mol. The number of hydrogen-bond donors (Lipinski definition) is 3. The summed E-state index contributed by atoms with van der Waals surface area (Å²) in [6.07, 6.45) is -0.0753. The lowest BCUT2D eigenvalue weighted by molar-refractivity contribution is -0.123. The summed E-state index contributed by atoms with van der Waals surface area (Å²) in [5.74, 6) is 1.59. The van der Waals surface area contributed by atoms with Gasteiger partial charge in [-0.05, 0) is 36.4 Å². The molecular weight excluding hydrogens is 376 g/mol. The fraction of sp³-hybridized carbons (Fsp3) is 0.250. The van der Waals surface area contributed by atoms with Gasteiger partial charge in [0.1, 0.15) is 25.0 Å². The van der Waals surface area contributed by atoms with Crippen LogP contribution in [0.3, 0.4) is 0 Å². The van der Waals surface area contributed by atoms with Gasteiger partial charge in [-0.2, -0.15) is 0 Å². The van der Waals surface area contributed by atoms with E-state index in [4.69, 9.17) is 14.2 Å². The molecule has 0 fully saturated rings. The van der Waals surface area contributed by atoms with Gasteiger partial charge in [0.2, 0.25) is 11.9 Å². The number of amides is 2. The number of methoxy groups -OCH3 is 1. The lowest BCUT2D eigenvalue weighted by atomic mass is 10.2. The van der Waals surface area contributed by atoms with E-state index in [-0.39, 0.29) is 18.2 Å². The number of carbonyl (C=O) groups excluding carboxylic acids is 2. The molecule has 29 heavy (non-hydrogen) atoms. The van der Waals surface area contributed by atoms with Crippen molar-refractivity contribution in [2.24, 2.45) is 4.99 Å². The summed E-state index contributed by atoms with van der Waals surface area (Å²) in [6, 6.07) is 11.5. The Hall–Kier alpha value is -3.75. The van der Waals surface area contributed by atoms with Gasteiger partial charge in [0.15, 0.2) is 11.5 Å². The van der Waals surface area contributed by atoms with Crippen molar-refractivity contribution in [3.8, 4) is 17.2 Å². The molecule has 2 heterocycles. The Morgan fingerprint density at radius 1 is 1.14 bits per heavy atom. The maximum absolute atomic E-state index is 12.4. The number of aliphatic imine (C=N–C) groups is 1. The van der Waals surface area contributed by atoms with Crippen LogP contribution >= 0.6 is 0 Å². The molecule has 2 amide bonds. The van der Waals surface area contributed by atoms with E-state index in [0.29, 0.717) is 36.4 Å². The summed E-state index contributed by atoms with van der Waals surface area (Å²) < 4.78 is 16.1. The van der Waals surface area contributed by atoms with Gasteiger partial charge < -0.3 is 24.8 Å². The molecule has 2 aromatic rings. The van der Waals surface area contributed by atoms with Gasteiger partial charge in [-0.15, -0.1) is 0 Å². The van der Waals surface area contributed by atoms with Gasteiger partial charge in [0.25, 0.3) is 5.91 Å². The van der Waals surface area contributed by atoms with Crippen LogP contribution in [0.25, 0.3) is 0 Å². The number of nitrogens with one attached hydrogen (secondary N) is 3. The van der Waals surface area contributed by atoms with Crippen molar-refractivity contribution in [1.82, 2.24) is 5.32 Å². The molecule has 9 nitrogen and oxygen atoms in total. The number of guanidine groups is 1. The van der Waals surface area contributed by atoms with E-state index in [1.807, 2.05) is 0 Å². The average Bonchev–Trinajstić information content (AvgIpc) is 3.07. The highest BCUT2D eigenvalue weighted by Gasteiger charge is 2.28. The zero-order valence-corrected chi connectivity index (χ0v) is 15.7. The maximum Gasteiger partial charge on any atom is 0.252 e. The van der Waals surface area contributed by atoms with E-state index in [1.165, 1.54) is 0 Å². The SMILES string of the molecule is COc1ccc(NC2=NC(CC(=O)Nc3ccc4c(c3)OCCO4)C(=O)N2)cc1. The third-order valence-corrected chi connectivity index (χ3v) is 4.39. The number of rotatable bonds is 5. The van der Waals surface area contributed by atoms with Crippen molar-refractivity contribution in [3.05, 3.63) is 42.5 Å². The predicted molar refractivity (Wildman–Crippen MR) is 107 cm³/mol. The number of benzene rings is 2. The second-order valence-electron chi connectivity index (χ2n) is 6.45. The molecule has 2 aliphatic heterocycles. The summed E-state index contributed by atoms with van der Waals surface area (Å²) in [4.78, 5) is 28.8. The number of anilines is 2. The Balaban J connectivity index is 1.35. The molecule has 0 radical (unpaired) electrons. The Labute approximate surface area is 167 Å². The van der Waals surface area contributed by atoms with Crippen molar-refractivity contribution in [1.29, 1.82) is 0 Å². The van der Waals surface area contributed by atoms with Crippen LogP contribution in [-0.4, -0.2) is 44.1 Å². The lowest BCUT2D eigenvalue weighted by Crippen LogP contribution is -2.33. The summed E-state index contributed by atoms with van der Waals surface area (Å²) >= 11 is 0. The number of ether oxygens (including phenoxy) is 3. The monoisotopic (exact) mass is 396 g/mol. The van der Waals surface area contributed by atoms with Gasteiger partial charge in [0, 0.05) is 17.4 Å². The minimum atomic E-state index is -0.798. The Morgan fingerprint density at radius 3 is 2.62 bits per heavy atom. The molecule has 150 valence electrons. The predicted octanol–water partition coefficient (Wildman–Crippen LogP) is 1.76. The standard InChI is InChI=1S/C20H20N4O5/c1-27-14-5-2-12(3-6-14)22-20-23-15(19(26)24-20)11-18(25)21-13-4-7-16-17(10-13)29-9-8-28-16/h2-7,10,15H,8-9,11H2,1H3,(H,21,25)(H2,22,23,24,26). The Morgan fingerprint density at radius 2 is 1.86 bits per heavy atom. The highest BCUT2D eigenvalue weighted by atomic mass is 16.6. The molecule has 1 unspecified atom stereocenters. The van der Waals surface area contributed by atoms with Gasteiger partial charge in [-0.25, -0.2) is 4.99 Å². The van der Waals surface area contributed by atoms with Crippen LogP contribution in [0.15, 0.2) is 47.5 Å². The van der Waals surface area contributed by atoms with E-state index in [2.05, 4.69) is 20.9 Å². The molecular formula is C20H20N4O5. The van der Waals surface area contributed by atoms with Gasteiger partial charge in [-0.3, -0.25) is 14.9 Å². The first kappa shape index (κ1) is 18.6. The molecule has 0 saturated heterocycles. The zero-order chi connectivity index (χ0) is 20.2. The first-order valence-electron chi connectivity index (χ1n) is 9.10. The van der Waals surface area contributed by atoms with Crippen LogP contribution in [0.5, 0.6) is 17.2 Å². The zero-order valence-electron chi connectivity index (χ0n) is 15.7. The third kappa shape index (κ3) is 4.40. The van der Waals surface area contributed by atoms with Crippen molar-refractivity contribution >= 4 is 29.1 Å². The Kier molecular flexibility index (Phi) is 5.19. The topological polar surface area (TPSA) is 110 Å². The molecule has 9 heteroatoms. The van der Waals surface area contributed by atoms with E-state index in [9.17, 15) is 9.59 Å². The quantitative estimate of drug-likeness (QED) is 0.710. The van der Waals surface area contributed by atoms with E-state index in [1.54, 1.807) is 49.6 Å².